The molecule has 5 nitrogen and oxygen atoms in total. The second-order valence-corrected chi connectivity index (χ2v) is 7.21. The van der Waals surface area contributed by atoms with E-state index in [1.807, 2.05) is 13.0 Å². The third-order valence-corrected chi connectivity index (χ3v) is 5.41. The van der Waals surface area contributed by atoms with Crippen molar-refractivity contribution in [2.75, 3.05) is 37.7 Å². The average molecular weight is 298 g/mol. The number of aryl methyl sites for hydroxylation is 1. The van der Waals surface area contributed by atoms with Crippen molar-refractivity contribution in [3.63, 3.8) is 0 Å². The Morgan fingerprint density at radius 2 is 2.20 bits per heavy atom. The van der Waals surface area contributed by atoms with Crippen LogP contribution in [-0.4, -0.2) is 51.4 Å². The summed E-state index contributed by atoms with van der Waals surface area (Å²) in [7, 11) is -3.42. The number of rotatable bonds is 4. The van der Waals surface area contributed by atoms with Crippen LogP contribution in [0, 0.1) is 6.92 Å². The van der Waals surface area contributed by atoms with Gasteiger partial charge in [0.15, 0.2) is 9.84 Å². The third-order valence-electron chi connectivity index (χ3n) is 3.58. The summed E-state index contributed by atoms with van der Waals surface area (Å²) in [5.41, 5.74) is 6.99. The summed E-state index contributed by atoms with van der Waals surface area (Å²) in [5, 5.41) is 0. The minimum atomic E-state index is -3.42. The first-order valence-corrected chi connectivity index (χ1v) is 8.50. The van der Waals surface area contributed by atoms with Crippen molar-refractivity contribution >= 4 is 15.5 Å². The van der Waals surface area contributed by atoms with Gasteiger partial charge in [-0.05, 0) is 31.2 Å². The zero-order valence-corrected chi connectivity index (χ0v) is 12.8. The summed E-state index contributed by atoms with van der Waals surface area (Å²) in [6.07, 6.45) is -0.284. The topological polar surface area (TPSA) is 72.6 Å². The molecule has 1 aromatic rings. The van der Waals surface area contributed by atoms with Crippen LogP contribution in [0.1, 0.15) is 12.5 Å². The zero-order valence-electron chi connectivity index (χ0n) is 12.0. The van der Waals surface area contributed by atoms with Crippen LogP contribution < -0.4 is 5.73 Å². The van der Waals surface area contributed by atoms with Gasteiger partial charge in [-0.15, -0.1) is 0 Å². The molecule has 0 spiro atoms. The molecule has 0 saturated carbocycles. The van der Waals surface area contributed by atoms with Crippen molar-refractivity contribution in [2.45, 2.75) is 24.8 Å². The number of hydrogen-bond acceptors (Lipinski definition) is 5. The maximum absolute atomic E-state index is 12.5. The van der Waals surface area contributed by atoms with Crippen LogP contribution in [0.3, 0.4) is 0 Å². The van der Waals surface area contributed by atoms with Crippen molar-refractivity contribution in [1.82, 2.24) is 4.90 Å². The lowest BCUT2D eigenvalue weighted by atomic mass is 10.2. The Kier molecular flexibility index (Phi) is 4.67. The molecule has 2 N–H and O–H groups in total. The minimum Gasteiger partial charge on any atom is -0.398 e. The van der Waals surface area contributed by atoms with Gasteiger partial charge in [0.2, 0.25) is 0 Å². The molecule has 1 unspecified atom stereocenters. The van der Waals surface area contributed by atoms with Gasteiger partial charge < -0.3 is 10.5 Å². The Labute approximate surface area is 120 Å². The summed E-state index contributed by atoms with van der Waals surface area (Å²) in [5.74, 6) is -0.0167. The number of sulfone groups is 1. The van der Waals surface area contributed by atoms with E-state index in [-0.39, 0.29) is 16.8 Å². The summed E-state index contributed by atoms with van der Waals surface area (Å²) < 4.78 is 30.6. The second-order valence-electron chi connectivity index (χ2n) is 5.21. The summed E-state index contributed by atoms with van der Waals surface area (Å²) in [6.45, 7) is 6.93. The van der Waals surface area contributed by atoms with Crippen LogP contribution >= 0.6 is 0 Å². The van der Waals surface area contributed by atoms with Gasteiger partial charge in [-0.25, -0.2) is 8.42 Å². The van der Waals surface area contributed by atoms with Gasteiger partial charge in [0, 0.05) is 13.1 Å². The smallest absolute Gasteiger partial charge is 0.183 e. The summed E-state index contributed by atoms with van der Waals surface area (Å²) in [6, 6.07) is 5.08. The third kappa shape index (κ3) is 3.50. The summed E-state index contributed by atoms with van der Waals surface area (Å²) >= 11 is 0. The predicted molar refractivity (Wildman–Crippen MR) is 79.5 cm³/mol. The van der Waals surface area contributed by atoms with Crippen molar-refractivity contribution < 1.29 is 13.2 Å². The molecule has 20 heavy (non-hydrogen) atoms. The SMILES string of the molecule is CCN1CCOC(CS(=O)(=O)c2cc(C)ccc2N)C1. The fraction of sp³-hybridized carbons (Fsp3) is 0.571. The van der Waals surface area contributed by atoms with Crippen LogP contribution in [-0.2, 0) is 14.6 Å². The first-order valence-electron chi connectivity index (χ1n) is 6.85. The number of likely N-dealkylation sites (N-methyl/N-ethyl adjacent to an activating group) is 1. The lowest BCUT2D eigenvalue weighted by Crippen LogP contribution is -2.45. The van der Waals surface area contributed by atoms with Gasteiger partial charge in [-0.1, -0.05) is 13.0 Å². The van der Waals surface area contributed by atoms with E-state index in [4.69, 9.17) is 10.5 Å². The monoisotopic (exact) mass is 298 g/mol. The quantitative estimate of drug-likeness (QED) is 0.842. The maximum atomic E-state index is 12.5. The van der Waals surface area contributed by atoms with Crippen LogP contribution in [0.4, 0.5) is 5.69 Å². The van der Waals surface area contributed by atoms with Crippen LogP contribution in [0.25, 0.3) is 0 Å². The van der Waals surface area contributed by atoms with E-state index in [9.17, 15) is 8.42 Å². The Morgan fingerprint density at radius 3 is 2.90 bits per heavy atom. The molecule has 1 saturated heterocycles. The molecule has 1 aliphatic heterocycles. The number of anilines is 1. The molecule has 1 atom stereocenters. The highest BCUT2D eigenvalue weighted by Crippen LogP contribution is 2.22. The summed E-state index contributed by atoms with van der Waals surface area (Å²) in [4.78, 5) is 2.42. The molecule has 0 amide bonds. The van der Waals surface area contributed by atoms with E-state index < -0.39 is 9.84 Å². The predicted octanol–water partition coefficient (Wildman–Crippen LogP) is 1.07. The number of nitrogens with two attached hydrogens (primary N) is 1. The first-order chi connectivity index (χ1) is 9.42. The second kappa shape index (κ2) is 6.11. The highest BCUT2D eigenvalue weighted by Gasteiger charge is 2.27. The van der Waals surface area contributed by atoms with Gasteiger partial charge in [0.05, 0.1) is 29.0 Å². The number of morpholine rings is 1. The fourth-order valence-corrected chi connectivity index (χ4v) is 4.08. The molecule has 1 fully saturated rings. The largest absolute Gasteiger partial charge is 0.398 e. The van der Waals surface area contributed by atoms with Gasteiger partial charge in [0.25, 0.3) is 0 Å². The molecule has 1 aliphatic rings. The maximum Gasteiger partial charge on any atom is 0.183 e. The number of ether oxygens (including phenoxy) is 1. The molecule has 0 radical (unpaired) electrons. The van der Waals surface area contributed by atoms with E-state index in [0.29, 0.717) is 18.8 Å². The Hall–Kier alpha value is -1.11. The van der Waals surface area contributed by atoms with Gasteiger partial charge in [-0.3, -0.25) is 4.90 Å². The first kappa shape index (κ1) is 15.3. The molecule has 6 heteroatoms. The lowest BCUT2D eigenvalue weighted by molar-refractivity contribution is -0.0145. The number of hydrogen-bond donors (Lipinski definition) is 1. The van der Waals surface area contributed by atoms with E-state index in [0.717, 1.165) is 18.7 Å². The Morgan fingerprint density at radius 1 is 1.45 bits per heavy atom. The highest BCUT2D eigenvalue weighted by atomic mass is 32.2. The average Bonchev–Trinajstić information content (AvgIpc) is 2.41. The number of nitrogen functional groups attached to an aromatic ring is 1. The normalized spacial score (nSPS) is 21.0. The van der Waals surface area contributed by atoms with E-state index in [1.54, 1.807) is 12.1 Å². The molecule has 112 valence electrons. The number of benzene rings is 1. The van der Waals surface area contributed by atoms with Crippen LogP contribution in [0.2, 0.25) is 0 Å². The van der Waals surface area contributed by atoms with Gasteiger partial charge in [0.1, 0.15) is 0 Å². The molecular weight excluding hydrogens is 276 g/mol. The number of nitrogens with zero attached hydrogens (tertiary/aromatic N) is 1. The minimum absolute atomic E-state index is 0.0167. The molecule has 1 aromatic carbocycles. The van der Waals surface area contributed by atoms with Gasteiger partial charge >= 0.3 is 0 Å². The zero-order chi connectivity index (χ0) is 14.8. The standard InChI is InChI=1S/C14H22N2O3S/c1-3-16-6-7-19-12(9-16)10-20(17,18)14-8-11(2)4-5-13(14)15/h4-5,8,12H,3,6-7,9-10,15H2,1-2H3. The molecule has 1 heterocycles. The van der Waals surface area contributed by atoms with E-state index >= 15 is 0 Å². The Bertz CT molecular complexity index is 572. The molecule has 0 aliphatic carbocycles. The van der Waals surface area contributed by atoms with E-state index in [1.165, 1.54) is 0 Å². The highest BCUT2D eigenvalue weighted by molar-refractivity contribution is 7.91. The molecule has 0 aromatic heterocycles. The van der Waals surface area contributed by atoms with Crippen molar-refractivity contribution in [1.29, 1.82) is 0 Å². The van der Waals surface area contributed by atoms with E-state index in [2.05, 4.69) is 11.8 Å². The molecule has 0 bridgehead atoms. The van der Waals surface area contributed by atoms with Crippen molar-refractivity contribution in [2.24, 2.45) is 0 Å². The van der Waals surface area contributed by atoms with Crippen LogP contribution in [0.15, 0.2) is 23.1 Å². The lowest BCUT2D eigenvalue weighted by Gasteiger charge is -2.31. The molecule has 2 rings (SSSR count). The van der Waals surface area contributed by atoms with Gasteiger partial charge in [-0.2, -0.15) is 0 Å². The molecular formula is C14H22N2O3S. The van der Waals surface area contributed by atoms with Crippen molar-refractivity contribution in [3.05, 3.63) is 23.8 Å². The fourth-order valence-electron chi connectivity index (χ4n) is 2.41. The van der Waals surface area contributed by atoms with Crippen molar-refractivity contribution in [3.8, 4) is 0 Å². The van der Waals surface area contributed by atoms with Crippen LogP contribution in [0.5, 0.6) is 0 Å². The Balaban J connectivity index is 2.16.